The van der Waals surface area contributed by atoms with E-state index in [0.29, 0.717) is 0 Å². The molecular formula is C16H33N. The summed E-state index contributed by atoms with van der Waals surface area (Å²) in [4.78, 5) is 0. The van der Waals surface area contributed by atoms with Gasteiger partial charge >= 0.3 is 0 Å². The third kappa shape index (κ3) is 8.65. The van der Waals surface area contributed by atoms with Crippen LogP contribution in [0.5, 0.6) is 0 Å². The van der Waals surface area contributed by atoms with Crippen LogP contribution in [0.15, 0.2) is 0 Å². The summed E-state index contributed by atoms with van der Waals surface area (Å²) < 4.78 is 0. The van der Waals surface area contributed by atoms with Crippen LogP contribution >= 0.6 is 0 Å². The highest BCUT2D eigenvalue weighted by Gasteiger charge is 2.09. The van der Waals surface area contributed by atoms with E-state index in [-0.39, 0.29) is 0 Å². The highest BCUT2D eigenvalue weighted by Crippen LogP contribution is 2.17. The second kappa shape index (κ2) is 11.1. The molecule has 0 atom stereocenters. The van der Waals surface area contributed by atoms with E-state index in [1.165, 1.54) is 90.0 Å². The minimum absolute atomic E-state index is 0.839. The number of rotatable bonds is 8. The van der Waals surface area contributed by atoms with Crippen molar-refractivity contribution in [2.45, 2.75) is 96.4 Å². The van der Waals surface area contributed by atoms with Crippen LogP contribution in [0.25, 0.3) is 0 Å². The fourth-order valence-corrected chi connectivity index (χ4v) is 2.87. The van der Waals surface area contributed by atoms with Crippen molar-refractivity contribution in [3.63, 3.8) is 0 Å². The zero-order valence-electron chi connectivity index (χ0n) is 12.0. The van der Waals surface area contributed by atoms with Crippen LogP contribution in [-0.4, -0.2) is 12.6 Å². The van der Waals surface area contributed by atoms with Crippen LogP contribution < -0.4 is 5.32 Å². The minimum Gasteiger partial charge on any atom is -0.314 e. The SMILES string of the molecule is CCCCCCCCNC1CCCCCCC1. The second-order valence-electron chi connectivity index (χ2n) is 5.76. The van der Waals surface area contributed by atoms with Gasteiger partial charge in [0.15, 0.2) is 0 Å². The highest BCUT2D eigenvalue weighted by molar-refractivity contribution is 4.69. The van der Waals surface area contributed by atoms with E-state index in [0.717, 1.165) is 6.04 Å². The summed E-state index contributed by atoms with van der Waals surface area (Å²) in [6.45, 7) is 3.55. The molecule has 0 aromatic carbocycles. The smallest absolute Gasteiger partial charge is 0.00670 e. The van der Waals surface area contributed by atoms with Gasteiger partial charge < -0.3 is 5.32 Å². The molecule has 17 heavy (non-hydrogen) atoms. The molecule has 0 spiro atoms. The molecule has 0 aliphatic heterocycles. The van der Waals surface area contributed by atoms with Crippen molar-refractivity contribution in [1.82, 2.24) is 5.32 Å². The summed E-state index contributed by atoms with van der Waals surface area (Å²) >= 11 is 0. The minimum atomic E-state index is 0.839. The maximum atomic E-state index is 3.78. The summed E-state index contributed by atoms with van der Waals surface area (Å²) in [7, 11) is 0. The van der Waals surface area contributed by atoms with Crippen molar-refractivity contribution < 1.29 is 0 Å². The van der Waals surface area contributed by atoms with E-state index in [4.69, 9.17) is 0 Å². The van der Waals surface area contributed by atoms with Crippen LogP contribution in [0, 0.1) is 0 Å². The maximum absolute atomic E-state index is 3.78. The lowest BCUT2D eigenvalue weighted by molar-refractivity contribution is 0.385. The van der Waals surface area contributed by atoms with Crippen molar-refractivity contribution in [1.29, 1.82) is 0 Å². The van der Waals surface area contributed by atoms with Crippen molar-refractivity contribution in [3.8, 4) is 0 Å². The molecule has 1 fully saturated rings. The monoisotopic (exact) mass is 239 g/mol. The Bertz CT molecular complexity index is 148. The largest absolute Gasteiger partial charge is 0.314 e. The molecule has 1 N–H and O–H groups in total. The summed E-state index contributed by atoms with van der Waals surface area (Å²) in [6.07, 6.45) is 18.7. The summed E-state index contributed by atoms with van der Waals surface area (Å²) in [5.74, 6) is 0. The number of unbranched alkanes of at least 4 members (excludes halogenated alkanes) is 5. The van der Waals surface area contributed by atoms with Gasteiger partial charge in [-0.2, -0.15) is 0 Å². The van der Waals surface area contributed by atoms with Gasteiger partial charge in [-0.25, -0.2) is 0 Å². The molecule has 1 saturated carbocycles. The lowest BCUT2D eigenvalue weighted by atomic mass is 9.96. The molecule has 0 saturated heterocycles. The highest BCUT2D eigenvalue weighted by atomic mass is 14.9. The van der Waals surface area contributed by atoms with Crippen molar-refractivity contribution in [2.24, 2.45) is 0 Å². The lowest BCUT2D eigenvalue weighted by Gasteiger charge is -2.21. The molecule has 0 amide bonds. The van der Waals surface area contributed by atoms with E-state index in [9.17, 15) is 0 Å². The normalized spacial score (nSPS) is 18.9. The Hall–Kier alpha value is -0.0400. The van der Waals surface area contributed by atoms with Gasteiger partial charge in [-0.15, -0.1) is 0 Å². The molecule has 0 aromatic heterocycles. The molecule has 0 radical (unpaired) electrons. The first-order valence-electron chi connectivity index (χ1n) is 8.17. The summed E-state index contributed by atoms with van der Waals surface area (Å²) in [6, 6.07) is 0.839. The van der Waals surface area contributed by atoms with Crippen LogP contribution in [0.1, 0.15) is 90.4 Å². The average Bonchev–Trinajstić information content (AvgIpc) is 2.30. The van der Waals surface area contributed by atoms with Crippen molar-refractivity contribution in [3.05, 3.63) is 0 Å². The Balaban J connectivity index is 1.90. The third-order valence-electron chi connectivity index (χ3n) is 4.07. The fraction of sp³-hybridized carbons (Fsp3) is 1.00. The maximum Gasteiger partial charge on any atom is 0.00670 e. The van der Waals surface area contributed by atoms with Crippen molar-refractivity contribution in [2.75, 3.05) is 6.54 Å². The number of hydrogen-bond acceptors (Lipinski definition) is 1. The molecule has 1 nitrogen and oxygen atoms in total. The molecule has 0 unspecified atom stereocenters. The van der Waals surface area contributed by atoms with Gasteiger partial charge in [-0.3, -0.25) is 0 Å². The van der Waals surface area contributed by atoms with E-state index in [1.54, 1.807) is 0 Å². The van der Waals surface area contributed by atoms with Crippen LogP contribution in [0.4, 0.5) is 0 Å². The van der Waals surface area contributed by atoms with Gasteiger partial charge in [0.05, 0.1) is 0 Å². The number of nitrogens with one attached hydrogen (secondary N) is 1. The fourth-order valence-electron chi connectivity index (χ4n) is 2.87. The first-order chi connectivity index (χ1) is 8.43. The molecule has 0 heterocycles. The summed E-state index contributed by atoms with van der Waals surface area (Å²) in [5, 5.41) is 3.78. The molecule has 1 aliphatic rings. The zero-order valence-corrected chi connectivity index (χ0v) is 12.0. The topological polar surface area (TPSA) is 12.0 Å². The van der Waals surface area contributed by atoms with E-state index >= 15 is 0 Å². The van der Waals surface area contributed by atoms with Gasteiger partial charge in [0.1, 0.15) is 0 Å². The summed E-state index contributed by atoms with van der Waals surface area (Å²) in [5.41, 5.74) is 0. The van der Waals surface area contributed by atoms with Crippen molar-refractivity contribution >= 4 is 0 Å². The van der Waals surface area contributed by atoms with E-state index in [1.807, 2.05) is 0 Å². The van der Waals surface area contributed by atoms with Gasteiger partial charge in [0.2, 0.25) is 0 Å². The Labute approximate surface area is 109 Å². The van der Waals surface area contributed by atoms with E-state index < -0.39 is 0 Å². The third-order valence-corrected chi connectivity index (χ3v) is 4.07. The van der Waals surface area contributed by atoms with Crippen LogP contribution in [0.3, 0.4) is 0 Å². The Kier molecular flexibility index (Phi) is 9.78. The molecule has 1 heteroatoms. The molecular weight excluding hydrogens is 206 g/mol. The predicted octanol–water partition coefficient (Wildman–Crippen LogP) is 5.05. The molecule has 0 aromatic rings. The first-order valence-corrected chi connectivity index (χ1v) is 8.17. The Morgan fingerprint density at radius 3 is 2.06 bits per heavy atom. The van der Waals surface area contributed by atoms with Crippen LogP contribution in [-0.2, 0) is 0 Å². The van der Waals surface area contributed by atoms with Gasteiger partial charge in [0.25, 0.3) is 0 Å². The van der Waals surface area contributed by atoms with Gasteiger partial charge in [-0.1, -0.05) is 71.1 Å². The van der Waals surface area contributed by atoms with Gasteiger partial charge in [0, 0.05) is 6.04 Å². The zero-order chi connectivity index (χ0) is 12.2. The van der Waals surface area contributed by atoms with Crippen LogP contribution in [0.2, 0.25) is 0 Å². The molecule has 1 aliphatic carbocycles. The number of hydrogen-bond donors (Lipinski definition) is 1. The quantitative estimate of drug-likeness (QED) is 0.584. The standard InChI is InChI=1S/C16H33N/c1-2-3-4-5-9-12-15-17-16-13-10-7-6-8-11-14-16/h16-17H,2-15H2,1H3. The molecule has 102 valence electrons. The predicted molar refractivity (Wildman–Crippen MR) is 77.5 cm³/mol. The van der Waals surface area contributed by atoms with E-state index in [2.05, 4.69) is 12.2 Å². The Morgan fingerprint density at radius 2 is 1.35 bits per heavy atom. The van der Waals surface area contributed by atoms with Gasteiger partial charge in [-0.05, 0) is 25.8 Å². The first kappa shape index (κ1) is 15.0. The molecule has 1 rings (SSSR count). The second-order valence-corrected chi connectivity index (χ2v) is 5.76. The molecule has 0 bridgehead atoms. The average molecular weight is 239 g/mol. The Morgan fingerprint density at radius 1 is 0.765 bits per heavy atom. The lowest BCUT2D eigenvalue weighted by Crippen LogP contribution is -2.30.